The maximum Gasteiger partial charge on any atom is 0.251 e. The summed E-state index contributed by atoms with van der Waals surface area (Å²) in [6.07, 6.45) is 0.455. The van der Waals surface area contributed by atoms with Crippen LogP contribution in [0.15, 0.2) is 18.2 Å². The van der Waals surface area contributed by atoms with Gasteiger partial charge in [0.1, 0.15) is 0 Å². The lowest BCUT2D eigenvalue weighted by Crippen LogP contribution is -2.19. The van der Waals surface area contributed by atoms with Crippen molar-refractivity contribution in [2.24, 2.45) is 5.41 Å². The van der Waals surface area contributed by atoms with Crippen LogP contribution in [0.4, 0.5) is 5.69 Å². The molecule has 2 rings (SSSR count). The van der Waals surface area contributed by atoms with Gasteiger partial charge in [-0.05, 0) is 23.1 Å². The fraction of sp³-hybridized carbons (Fsp3) is 0.429. The lowest BCUT2D eigenvalue weighted by Gasteiger charge is -2.17. The molecule has 1 aromatic carbocycles. The van der Waals surface area contributed by atoms with Gasteiger partial charge in [-0.15, -0.1) is 0 Å². The van der Waals surface area contributed by atoms with Crippen LogP contribution in [0.25, 0.3) is 0 Å². The number of hydrogen-bond donors (Lipinski definition) is 2. The average molecular weight is 246 g/mol. The van der Waals surface area contributed by atoms with Gasteiger partial charge in [-0.25, -0.2) is 0 Å². The van der Waals surface area contributed by atoms with Crippen molar-refractivity contribution in [1.29, 1.82) is 0 Å². The standard InChI is InChI=1S/C14H18N2O2/c1-14(2,3)7-12(17)16-10-5-4-9-8-15-13(18)11(9)6-10/h4-6H,7-8H2,1-3H3,(H,15,18)(H,16,17). The number of carbonyl (C=O) groups is 2. The minimum atomic E-state index is -0.0723. The first kappa shape index (κ1) is 12.6. The van der Waals surface area contributed by atoms with Crippen molar-refractivity contribution >= 4 is 17.5 Å². The minimum Gasteiger partial charge on any atom is -0.348 e. The Morgan fingerprint density at radius 1 is 1.39 bits per heavy atom. The molecule has 0 spiro atoms. The van der Waals surface area contributed by atoms with E-state index < -0.39 is 0 Å². The Morgan fingerprint density at radius 3 is 2.78 bits per heavy atom. The van der Waals surface area contributed by atoms with Gasteiger partial charge in [0, 0.05) is 24.2 Å². The van der Waals surface area contributed by atoms with E-state index in [-0.39, 0.29) is 17.2 Å². The Bertz CT molecular complexity index is 501. The predicted octanol–water partition coefficient (Wildman–Crippen LogP) is 2.30. The molecule has 0 aromatic heterocycles. The molecule has 1 aliphatic heterocycles. The van der Waals surface area contributed by atoms with Crippen molar-refractivity contribution < 1.29 is 9.59 Å². The summed E-state index contributed by atoms with van der Waals surface area (Å²) in [5, 5.41) is 5.58. The second-order valence-electron chi connectivity index (χ2n) is 5.84. The highest BCUT2D eigenvalue weighted by Gasteiger charge is 2.20. The highest BCUT2D eigenvalue weighted by Crippen LogP contribution is 2.22. The lowest BCUT2D eigenvalue weighted by atomic mass is 9.92. The number of hydrogen-bond acceptors (Lipinski definition) is 2. The van der Waals surface area contributed by atoms with Crippen LogP contribution >= 0.6 is 0 Å². The van der Waals surface area contributed by atoms with Crippen LogP contribution in [0.3, 0.4) is 0 Å². The van der Waals surface area contributed by atoms with Gasteiger partial charge < -0.3 is 10.6 Å². The summed E-state index contributed by atoms with van der Waals surface area (Å²) in [5.41, 5.74) is 2.27. The molecule has 0 atom stereocenters. The molecular formula is C14H18N2O2. The molecule has 0 bridgehead atoms. The SMILES string of the molecule is CC(C)(C)CC(=O)Nc1ccc2c(c1)C(=O)NC2. The van der Waals surface area contributed by atoms with Gasteiger partial charge in [-0.1, -0.05) is 26.8 Å². The first-order valence-corrected chi connectivity index (χ1v) is 6.06. The van der Waals surface area contributed by atoms with Crippen LogP contribution in [0, 0.1) is 5.41 Å². The van der Waals surface area contributed by atoms with E-state index in [2.05, 4.69) is 10.6 Å². The molecule has 2 N–H and O–H groups in total. The number of fused-ring (bicyclic) bond motifs is 1. The molecule has 1 aromatic rings. The minimum absolute atomic E-state index is 0.0270. The zero-order chi connectivity index (χ0) is 13.3. The molecule has 2 amide bonds. The number of rotatable bonds is 2. The van der Waals surface area contributed by atoms with Crippen LogP contribution in [0.1, 0.15) is 43.1 Å². The Kier molecular flexibility index (Phi) is 3.11. The monoisotopic (exact) mass is 246 g/mol. The maximum atomic E-state index is 11.8. The fourth-order valence-corrected chi connectivity index (χ4v) is 1.98. The van der Waals surface area contributed by atoms with Gasteiger partial charge in [0.25, 0.3) is 5.91 Å². The molecule has 18 heavy (non-hydrogen) atoms. The first-order chi connectivity index (χ1) is 8.35. The topological polar surface area (TPSA) is 58.2 Å². The quantitative estimate of drug-likeness (QED) is 0.841. The second-order valence-corrected chi connectivity index (χ2v) is 5.84. The van der Waals surface area contributed by atoms with Gasteiger partial charge in [0.15, 0.2) is 0 Å². The van der Waals surface area contributed by atoms with E-state index in [4.69, 9.17) is 0 Å². The fourth-order valence-electron chi connectivity index (χ4n) is 1.98. The van der Waals surface area contributed by atoms with Gasteiger partial charge in [-0.3, -0.25) is 9.59 Å². The Labute approximate surface area is 107 Å². The summed E-state index contributed by atoms with van der Waals surface area (Å²) in [5.74, 6) is -0.0993. The molecule has 0 fully saturated rings. The van der Waals surface area contributed by atoms with E-state index in [0.29, 0.717) is 24.2 Å². The summed E-state index contributed by atoms with van der Waals surface area (Å²) in [6.45, 7) is 6.62. The number of nitrogens with one attached hydrogen (secondary N) is 2. The predicted molar refractivity (Wildman–Crippen MR) is 70.3 cm³/mol. The van der Waals surface area contributed by atoms with E-state index in [1.807, 2.05) is 32.9 Å². The normalized spacial score (nSPS) is 14.1. The Morgan fingerprint density at radius 2 is 2.11 bits per heavy atom. The van der Waals surface area contributed by atoms with Gasteiger partial charge in [0.2, 0.25) is 5.91 Å². The Balaban J connectivity index is 2.09. The summed E-state index contributed by atoms with van der Waals surface area (Å²) in [6, 6.07) is 5.44. The smallest absolute Gasteiger partial charge is 0.251 e. The highest BCUT2D eigenvalue weighted by atomic mass is 16.2. The zero-order valence-corrected chi connectivity index (χ0v) is 11.0. The summed E-state index contributed by atoms with van der Waals surface area (Å²) in [7, 11) is 0. The molecule has 0 saturated heterocycles. The molecule has 4 nitrogen and oxygen atoms in total. The molecule has 0 aliphatic carbocycles. The third-order valence-corrected chi connectivity index (χ3v) is 2.77. The number of anilines is 1. The van der Waals surface area contributed by atoms with E-state index in [1.54, 1.807) is 6.07 Å². The van der Waals surface area contributed by atoms with E-state index >= 15 is 0 Å². The number of carbonyl (C=O) groups excluding carboxylic acids is 2. The molecule has 0 saturated carbocycles. The van der Waals surface area contributed by atoms with Crippen LogP contribution in [0.5, 0.6) is 0 Å². The molecule has 1 aliphatic rings. The summed E-state index contributed by atoms with van der Waals surface area (Å²) < 4.78 is 0. The molecular weight excluding hydrogens is 228 g/mol. The number of amides is 2. The van der Waals surface area contributed by atoms with Crippen molar-refractivity contribution in [1.82, 2.24) is 5.32 Å². The van der Waals surface area contributed by atoms with Gasteiger partial charge in [-0.2, -0.15) is 0 Å². The molecule has 0 unspecified atom stereocenters. The van der Waals surface area contributed by atoms with Crippen molar-refractivity contribution in [2.45, 2.75) is 33.7 Å². The lowest BCUT2D eigenvalue weighted by molar-refractivity contribution is -0.117. The third kappa shape index (κ3) is 2.88. The Hall–Kier alpha value is -1.84. The van der Waals surface area contributed by atoms with Crippen LogP contribution < -0.4 is 10.6 Å². The van der Waals surface area contributed by atoms with E-state index in [1.165, 1.54) is 0 Å². The summed E-state index contributed by atoms with van der Waals surface area (Å²) in [4.78, 5) is 23.3. The van der Waals surface area contributed by atoms with E-state index in [9.17, 15) is 9.59 Å². The molecule has 4 heteroatoms. The van der Waals surface area contributed by atoms with Crippen molar-refractivity contribution in [2.75, 3.05) is 5.32 Å². The van der Waals surface area contributed by atoms with Crippen molar-refractivity contribution in [3.05, 3.63) is 29.3 Å². The van der Waals surface area contributed by atoms with E-state index in [0.717, 1.165) is 5.56 Å². The maximum absolute atomic E-state index is 11.8. The average Bonchev–Trinajstić information content (AvgIpc) is 2.57. The summed E-state index contributed by atoms with van der Waals surface area (Å²) >= 11 is 0. The highest BCUT2D eigenvalue weighted by molar-refractivity contribution is 6.00. The first-order valence-electron chi connectivity index (χ1n) is 6.06. The molecule has 0 radical (unpaired) electrons. The van der Waals surface area contributed by atoms with Crippen LogP contribution in [-0.2, 0) is 11.3 Å². The van der Waals surface area contributed by atoms with Gasteiger partial charge in [0.05, 0.1) is 0 Å². The second kappa shape index (κ2) is 4.44. The zero-order valence-electron chi connectivity index (χ0n) is 11.0. The van der Waals surface area contributed by atoms with Gasteiger partial charge >= 0.3 is 0 Å². The van der Waals surface area contributed by atoms with Crippen molar-refractivity contribution in [3.8, 4) is 0 Å². The van der Waals surface area contributed by atoms with Crippen LogP contribution in [0.2, 0.25) is 0 Å². The third-order valence-electron chi connectivity index (χ3n) is 2.77. The van der Waals surface area contributed by atoms with Crippen LogP contribution in [-0.4, -0.2) is 11.8 Å². The number of benzene rings is 1. The van der Waals surface area contributed by atoms with Crippen molar-refractivity contribution in [3.63, 3.8) is 0 Å². The molecule has 1 heterocycles. The largest absolute Gasteiger partial charge is 0.348 e. The molecule has 96 valence electrons.